The average Bonchev–Trinajstić information content (AvgIpc) is 3.41. The number of nitrogens with two attached hydrogens (primary N) is 1. The van der Waals surface area contributed by atoms with Crippen molar-refractivity contribution in [3.63, 3.8) is 0 Å². The molecule has 0 aliphatic carbocycles. The van der Waals surface area contributed by atoms with Crippen molar-refractivity contribution in [2.75, 3.05) is 81.1 Å². The fourth-order valence-electron chi connectivity index (χ4n) is 5.23. The number of aromatic nitrogens is 5. The SMILES string of the molecule is CCN1CCN(C(=O)c2cc(N3CCc4c(-c5cnc(N)nc5)nc(N5CCOCC5)nc43)ccn2)CC1. The molecule has 0 bridgehead atoms. The lowest BCUT2D eigenvalue weighted by Gasteiger charge is -2.34. The van der Waals surface area contributed by atoms with E-state index in [2.05, 4.69) is 36.6 Å². The molecule has 0 aromatic carbocycles. The van der Waals surface area contributed by atoms with Gasteiger partial charge in [-0.05, 0) is 25.1 Å². The third-order valence-corrected chi connectivity index (χ3v) is 7.43. The minimum Gasteiger partial charge on any atom is -0.378 e. The van der Waals surface area contributed by atoms with Gasteiger partial charge in [-0.3, -0.25) is 9.78 Å². The van der Waals surface area contributed by atoms with Crippen molar-refractivity contribution in [2.45, 2.75) is 13.3 Å². The number of carbonyl (C=O) groups excluding carboxylic acids is 1. The Morgan fingerprint density at radius 1 is 1.00 bits per heavy atom. The summed E-state index contributed by atoms with van der Waals surface area (Å²) < 4.78 is 5.54. The first-order chi connectivity index (χ1) is 18.6. The van der Waals surface area contributed by atoms with Gasteiger partial charge < -0.3 is 30.1 Å². The zero-order chi connectivity index (χ0) is 26.1. The molecular weight excluding hydrogens is 484 g/mol. The number of morpholine rings is 1. The largest absolute Gasteiger partial charge is 0.378 e. The van der Waals surface area contributed by atoms with E-state index in [1.807, 2.05) is 17.0 Å². The molecule has 12 heteroatoms. The molecule has 0 saturated carbocycles. The van der Waals surface area contributed by atoms with Gasteiger partial charge in [0.2, 0.25) is 11.9 Å². The fourth-order valence-corrected chi connectivity index (χ4v) is 5.23. The van der Waals surface area contributed by atoms with Gasteiger partial charge in [0.15, 0.2) is 0 Å². The summed E-state index contributed by atoms with van der Waals surface area (Å²) in [5.74, 6) is 1.66. The van der Waals surface area contributed by atoms with E-state index >= 15 is 0 Å². The maximum Gasteiger partial charge on any atom is 0.272 e. The maximum absolute atomic E-state index is 13.3. The standard InChI is InChI=1S/C26H32N10O2/c1-2-33-7-9-34(10-8-33)24(37)21-15-19(3-5-28-21)36-6-4-20-22(18-16-29-25(27)30-17-18)31-26(32-23(20)36)35-11-13-38-14-12-35/h3,5,15-17H,2,4,6-14H2,1H3,(H2,27,29,30). The van der Waals surface area contributed by atoms with E-state index in [-0.39, 0.29) is 11.9 Å². The van der Waals surface area contributed by atoms with Crippen LogP contribution in [-0.4, -0.2) is 106 Å². The normalized spacial score (nSPS) is 18.1. The molecule has 2 N–H and O–H groups in total. The molecule has 6 heterocycles. The minimum atomic E-state index is -0.0292. The van der Waals surface area contributed by atoms with Gasteiger partial charge in [0.05, 0.1) is 18.9 Å². The number of fused-ring (bicyclic) bond motifs is 1. The zero-order valence-electron chi connectivity index (χ0n) is 21.6. The summed E-state index contributed by atoms with van der Waals surface area (Å²) in [5.41, 5.74) is 9.71. The average molecular weight is 517 g/mol. The number of nitrogen functional groups attached to an aromatic ring is 1. The zero-order valence-corrected chi connectivity index (χ0v) is 21.6. The van der Waals surface area contributed by atoms with Crippen molar-refractivity contribution in [1.29, 1.82) is 0 Å². The van der Waals surface area contributed by atoms with E-state index in [0.29, 0.717) is 44.5 Å². The van der Waals surface area contributed by atoms with Gasteiger partial charge in [0.25, 0.3) is 5.91 Å². The van der Waals surface area contributed by atoms with E-state index in [0.717, 1.165) is 67.5 Å². The van der Waals surface area contributed by atoms with Gasteiger partial charge >= 0.3 is 0 Å². The predicted molar refractivity (Wildman–Crippen MR) is 143 cm³/mol. The number of nitrogens with zero attached hydrogens (tertiary/aromatic N) is 9. The summed E-state index contributed by atoms with van der Waals surface area (Å²) in [6.45, 7) is 9.78. The van der Waals surface area contributed by atoms with Crippen LogP contribution in [0.15, 0.2) is 30.7 Å². The first kappa shape index (κ1) is 24.4. The Labute approximate surface area is 221 Å². The second-order valence-electron chi connectivity index (χ2n) is 9.63. The molecule has 0 unspecified atom stereocenters. The summed E-state index contributed by atoms with van der Waals surface area (Å²) in [7, 11) is 0. The van der Waals surface area contributed by atoms with Crippen LogP contribution in [0.2, 0.25) is 0 Å². The van der Waals surface area contributed by atoms with Crippen LogP contribution in [0.4, 0.5) is 23.4 Å². The molecule has 2 fully saturated rings. The molecule has 0 radical (unpaired) electrons. The molecule has 3 aliphatic heterocycles. The van der Waals surface area contributed by atoms with Crippen LogP contribution in [0.25, 0.3) is 11.3 Å². The lowest BCUT2D eigenvalue weighted by molar-refractivity contribution is 0.0637. The Kier molecular flexibility index (Phi) is 6.73. The number of piperazine rings is 1. The molecule has 12 nitrogen and oxygen atoms in total. The molecule has 0 atom stereocenters. The summed E-state index contributed by atoms with van der Waals surface area (Å²) in [6, 6.07) is 3.82. The lowest BCUT2D eigenvalue weighted by atomic mass is 10.1. The van der Waals surface area contributed by atoms with E-state index < -0.39 is 0 Å². The predicted octanol–water partition coefficient (Wildman–Crippen LogP) is 1.22. The topological polar surface area (TPSA) is 130 Å². The third-order valence-electron chi connectivity index (χ3n) is 7.43. The van der Waals surface area contributed by atoms with Gasteiger partial charge in [0.1, 0.15) is 11.5 Å². The Morgan fingerprint density at radius 2 is 1.76 bits per heavy atom. The number of likely N-dealkylation sites (N-methyl/N-ethyl adjacent to an activating group) is 1. The molecule has 3 aromatic heterocycles. The summed E-state index contributed by atoms with van der Waals surface area (Å²) in [4.78, 5) is 44.6. The molecule has 38 heavy (non-hydrogen) atoms. The first-order valence-corrected chi connectivity index (χ1v) is 13.2. The van der Waals surface area contributed by atoms with Crippen LogP contribution in [0, 0.1) is 0 Å². The molecule has 6 rings (SSSR count). The second-order valence-corrected chi connectivity index (χ2v) is 9.63. The second kappa shape index (κ2) is 10.5. The smallest absolute Gasteiger partial charge is 0.272 e. The molecule has 3 aliphatic rings. The van der Waals surface area contributed by atoms with Crippen molar-refractivity contribution in [1.82, 2.24) is 34.7 Å². The quantitative estimate of drug-likeness (QED) is 0.525. The van der Waals surface area contributed by atoms with Gasteiger partial charge in [-0.25, -0.2) is 15.0 Å². The number of pyridine rings is 1. The Balaban J connectivity index is 1.34. The maximum atomic E-state index is 13.3. The van der Waals surface area contributed by atoms with Crippen LogP contribution in [0.3, 0.4) is 0 Å². The highest BCUT2D eigenvalue weighted by atomic mass is 16.5. The molecule has 198 valence electrons. The summed E-state index contributed by atoms with van der Waals surface area (Å²) in [6.07, 6.45) is 5.88. The van der Waals surface area contributed by atoms with Crippen molar-refractivity contribution in [3.8, 4) is 11.3 Å². The Bertz CT molecular complexity index is 1300. The number of hydrogen-bond donors (Lipinski definition) is 1. The number of carbonyl (C=O) groups is 1. The molecule has 1 amide bonds. The van der Waals surface area contributed by atoms with E-state index in [1.165, 1.54) is 0 Å². The molecule has 2 saturated heterocycles. The highest BCUT2D eigenvalue weighted by Gasteiger charge is 2.30. The van der Waals surface area contributed by atoms with E-state index in [4.69, 9.17) is 20.4 Å². The fraction of sp³-hybridized carbons (Fsp3) is 0.462. The number of rotatable bonds is 5. The van der Waals surface area contributed by atoms with Gasteiger partial charge in [0, 0.05) is 81.2 Å². The highest BCUT2D eigenvalue weighted by molar-refractivity contribution is 5.93. The van der Waals surface area contributed by atoms with E-state index in [1.54, 1.807) is 18.6 Å². The first-order valence-electron chi connectivity index (χ1n) is 13.2. The number of amides is 1. The van der Waals surface area contributed by atoms with Crippen molar-refractivity contribution >= 4 is 29.3 Å². The summed E-state index contributed by atoms with van der Waals surface area (Å²) in [5, 5.41) is 0. The van der Waals surface area contributed by atoms with Crippen LogP contribution >= 0.6 is 0 Å². The van der Waals surface area contributed by atoms with E-state index in [9.17, 15) is 4.79 Å². The summed E-state index contributed by atoms with van der Waals surface area (Å²) >= 11 is 0. The molecule has 3 aromatic rings. The van der Waals surface area contributed by atoms with Crippen molar-refractivity contribution < 1.29 is 9.53 Å². The Morgan fingerprint density at radius 3 is 2.50 bits per heavy atom. The van der Waals surface area contributed by atoms with Gasteiger partial charge in [-0.15, -0.1) is 0 Å². The van der Waals surface area contributed by atoms with Crippen molar-refractivity contribution in [2.24, 2.45) is 0 Å². The van der Waals surface area contributed by atoms with Gasteiger partial charge in [-0.2, -0.15) is 4.98 Å². The number of hydrogen-bond acceptors (Lipinski definition) is 11. The van der Waals surface area contributed by atoms with Gasteiger partial charge in [-0.1, -0.05) is 6.92 Å². The third kappa shape index (κ3) is 4.72. The minimum absolute atomic E-state index is 0.0292. The van der Waals surface area contributed by atoms with Crippen LogP contribution < -0.4 is 15.5 Å². The lowest BCUT2D eigenvalue weighted by Crippen LogP contribution is -2.48. The molecular formula is C26H32N10O2. The number of ether oxygens (including phenoxy) is 1. The van der Waals surface area contributed by atoms with Crippen molar-refractivity contribution in [3.05, 3.63) is 42.0 Å². The highest BCUT2D eigenvalue weighted by Crippen LogP contribution is 2.39. The molecule has 0 spiro atoms. The monoisotopic (exact) mass is 516 g/mol. The van der Waals surface area contributed by atoms with Crippen LogP contribution in [0.1, 0.15) is 23.0 Å². The van der Waals surface area contributed by atoms with Crippen LogP contribution in [-0.2, 0) is 11.2 Å². The number of anilines is 4. The van der Waals surface area contributed by atoms with Crippen LogP contribution in [0.5, 0.6) is 0 Å². The Hall–Kier alpha value is -3.90.